The summed E-state index contributed by atoms with van der Waals surface area (Å²) in [7, 11) is 6.83. The molecule has 7 heteroatoms. The average molecular weight is 439 g/mol. The summed E-state index contributed by atoms with van der Waals surface area (Å²) in [6.07, 6.45) is 0.882. The van der Waals surface area contributed by atoms with E-state index in [1.165, 1.54) is 19.1 Å². The Morgan fingerprint density at radius 2 is 1.69 bits per heavy atom. The predicted molar refractivity (Wildman–Crippen MR) is 123 cm³/mol. The van der Waals surface area contributed by atoms with Crippen molar-refractivity contribution < 1.29 is 24.2 Å². The van der Waals surface area contributed by atoms with Crippen LogP contribution >= 0.6 is 0 Å². The fourth-order valence-corrected chi connectivity index (χ4v) is 3.84. The second-order valence-corrected chi connectivity index (χ2v) is 7.96. The maximum atomic E-state index is 13.1. The number of rotatable bonds is 8. The van der Waals surface area contributed by atoms with Crippen LogP contribution in [-0.2, 0) is 16.0 Å². The summed E-state index contributed by atoms with van der Waals surface area (Å²) in [5.74, 6) is -0.621. The number of Topliss-reactive ketones (excluding diaryl/α,β-unsaturated/α-hetero) is 1. The van der Waals surface area contributed by atoms with Crippen molar-refractivity contribution >= 4 is 17.4 Å². The summed E-state index contributed by atoms with van der Waals surface area (Å²) in [6.45, 7) is 3.02. The first-order valence-corrected chi connectivity index (χ1v) is 10.6. The van der Waals surface area contributed by atoms with Gasteiger partial charge < -0.3 is 24.4 Å². The maximum Gasteiger partial charge on any atom is 0.295 e. The molecule has 170 valence electrons. The van der Waals surface area contributed by atoms with Crippen molar-refractivity contribution in [3.8, 4) is 11.5 Å². The van der Waals surface area contributed by atoms with E-state index in [2.05, 4.69) is 6.92 Å². The topological polar surface area (TPSA) is 79.3 Å². The van der Waals surface area contributed by atoms with E-state index >= 15 is 0 Å². The van der Waals surface area contributed by atoms with E-state index in [4.69, 9.17) is 9.47 Å². The SMILES string of the molecule is CCc1ccc(C2/C(=C(/O)c3ccc(OC)c(OC)c3)C(=O)C(=O)N2CCN(C)C)cc1. The lowest BCUT2D eigenvalue weighted by atomic mass is 9.94. The fourth-order valence-electron chi connectivity index (χ4n) is 3.84. The second kappa shape index (κ2) is 9.87. The molecule has 2 aromatic rings. The van der Waals surface area contributed by atoms with Gasteiger partial charge in [-0.1, -0.05) is 31.2 Å². The Labute approximate surface area is 188 Å². The number of carbonyl (C=O) groups excluding carboxylic acids is 2. The number of likely N-dealkylation sites (tertiary alicyclic amines) is 1. The molecule has 0 bridgehead atoms. The first kappa shape index (κ1) is 23.3. The van der Waals surface area contributed by atoms with Gasteiger partial charge in [-0.05, 0) is 49.8 Å². The zero-order valence-corrected chi connectivity index (χ0v) is 19.2. The summed E-state index contributed by atoms with van der Waals surface area (Å²) in [4.78, 5) is 29.5. The molecular weight excluding hydrogens is 408 g/mol. The van der Waals surface area contributed by atoms with Gasteiger partial charge in [0.1, 0.15) is 5.76 Å². The van der Waals surface area contributed by atoms with E-state index in [9.17, 15) is 14.7 Å². The largest absolute Gasteiger partial charge is 0.507 e. The summed E-state index contributed by atoms with van der Waals surface area (Å²) in [6, 6.07) is 12.0. The van der Waals surface area contributed by atoms with Gasteiger partial charge >= 0.3 is 0 Å². The zero-order chi connectivity index (χ0) is 23.4. The van der Waals surface area contributed by atoms with Gasteiger partial charge in [0.2, 0.25) is 0 Å². The quantitative estimate of drug-likeness (QED) is 0.387. The van der Waals surface area contributed by atoms with Gasteiger partial charge in [0.25, 0.3) is 11.7 Å². The van der Waals surface area contributed by atoms with Crippen LogP contribution in [0, 0.1) is 0 Å². The number of likely N-dealkylation sites (N-methyl/N-ethyl adjacent to an activating group) is 1. The van der Waals surface area contributed by atoms with E-state index < -0.39 is 17.7 Å². The Balaban J connectivity index is 2.15. The van der Waals surface area contributed by atoms with Gasteiger partial charge in [-0.25, -0.2) is 0 Å². The van der Waals surface area contributed by atoms with Crippen LogP contribution in [0.15, 0.2) is 48.0 Å². The standard InChI is InChI=1S/C25H30N2O5/c1-6-16-7-9-17(10-8-16)22-21(24(29)25(30)27(22)14-13-26(2)3)23(28)18-11-12-19(31-4)20(15-18)32-5/h7-12,15,22,28H,6,13-14H2,1-5H3/b23-21-. The number of nitrogens with zero attached hydrogens (tertiary/aromatic N) is 2. The lowest BCUT2D eigenvalue weighted by Crippen LogP contribution is -2.35. The van der Waals surface area contributed by atoms with E-state index in [0.29, 0.717) is 30.2 Å². The Hall–Kier alpha value is -3.32. The molecule has 3 rings (SSSR count). The third kappa shape index (κ3) is 4.48. The summed E-state index contributed by atoms with van der Waals surface area (Å²) < 4.78 is 10.6. The molecule has 0 radical (unpaired) electrons. The predicted octanol–water partition coefficient (Wildman–Crippen LogP) is 3.25. The van der Waals surface area contributed by atoms with Crippen LogP contribution in [0.3, 0.4) is 0 Å². The highest BCUT2D eigenvalue weighted by molar-refractivity contribution is 6.46. The molecule has 1 saturated heterocycles. The maximum absolute atomic E-state index is 13.1. The number of aliphatic hydroxyl groups excluding tert-OH is 1. The van der Waals surface area contributed by atoms with E-state index in [1.807, 2.05) is 43.3 Å². The van der Waals surface area contributed by atoms with Gasteiger partial charge in [-0.3, -0.25) is 9.59 Å². The Bertz CT molecular complexity index is 1030. The molecule has 0 spiro atoms. The van der Waals surface area contributed by atoms with E-state index in [1.54, 1.807) is 18.2 Å². The van der Waals surface area contributed by atoms with Crippen molar-refractivity contribution in [2.24, 2.45) is 0 Å². The molecular formula is C25H30N2O5. The van der Waals surface area contributed by atoms with Crippen LogP contribution < -0.4 is 9.47 Å². The first-order chi connectivity index (χ1) is 15.3. The third-order valence-corrected chi connectivity index (χ3v) is 5.69. The summed E-state index contributed by atoms with van der Waals surface area (Å²) in [5.41, 5.74) is 2.38. The minimum atomic E-state index is -0.694. The highest BCUT2D eigenvalue weighted by Gasteiger charge is 2.45. The molecule has 0 aliphatic carbocycles. The smallest absolute Gasteiger partial charge is 0.295 e. The lowest BCUT2D eigenvalue weighted by Gasteiger charge is -2.26. The average Bonchev–Trinajstić information content (AvgIpc) is 3.06. The number of methoxy groups -OCH3 is 2. The van der Waals surface area contributed by atoms with Crippen molar-refractivity contribution in [2.75, 3.05) is 41.4 Å². The van der Waals surface area contributed by atoms with Crippen LogP contribution in [0.2, 0.25) is 0 Å². The fraction of sp³-hybridized carbons (Fsp3) is 0.360. The summed E-state index contributed by atoms with van der Waals surface area (Å²) in [5, 5.41) is 11.2. The Morgan fingerprint density at radius 3 is 2.25 bits per heavy atom. The van der Waals surface area contributed by atoms with Gasteiger partial charge in [-0.15, -0.1) is 0 Å². The highest BCUT2D eigenvalue weighted by atomic mass is 16.5. The number of hydrogen-bond acceptors (Lipinski definition) is 6. The molecule has 1 unspecified atom stereocenters. The normalized spacial score (nSPS) is 17.8. The van der Waals surface area contributed by atoms with Gasteiger partial charge in [0, 0.05) is 18.7 Å². The molecule has 7 nitrogen and oxygen atoms in total. The Morgan fingerprint density at radius 1 is 1.03 bits per heavy atom. The molecule has 1 fully saturated rings. The number of ketones is 1. The van der Waals surface area contributed by atoms with Gasteiger partial charge in [0.15, 0.2) is 11.5 Å². The van der Waals surface area contributed by atoms with E-state index in [0.717, 1.165) is 17.5 Å². The molecule has 0 aromatic heterocycles. The van der Waals surface area contributed by atoms with Gasteiger partial charge in [0.05, 0.1) is 25.8 Å². The zero-order valence-electron chi connectivity index (χ0n) is 19.2. The van der Waals surface area contributed by atoms with Crippen LogP contribution in [0.1, 0.15) is 29.7 Å². The number of benzene rings is 2. The first-order valence-electron chi connectivity index (χ1n) is 10.6. The molecule has 1 aliphatic rings. The number of carbonyl (C=O) groups is 2. The Kier molecular flexibility index (Phi) is 7.20. The number of aryl methyl sites for hydroxylation is 1. The summed E-state index contributed by atoms with van der Waals surface area (Å²) >= 11 is 0. The number of ether oxygens (including phenoxy) is 2. The molecule has 1 aliphatic heterocycles. The molecule has 32 heavy (non-hydrogen) atoms. The van der Waals surface area contributed by atoms with Crippen molar-refractivity contribution in [1.29, 1.82) is 0 Å². The highest BCUT2D eigenvalue weighted by Crippen LogP contribution is 2.40. The second-order valence-electron chi connectivity index (χ2n) is 7.96. The third-order valence-electron chi connectivity index (χ3n) is 5.69. The van der Waals surface area contributed by atoms with Gasteiger partial charge in [-0.2, -0.15) is 0 Å². The molecule has 0 saturated carbocycles. The van der Waals surface area contributed by atoms with Crippen LogP contribution in [0.5, 0.6) is 11.5 Å². The molecule has 1 amide bonds. The molecule has 2 aromatic carbocycles. The number of amides is 1. The molecule has 1 atom stereocenters. The number of hydrogen-bond donors (Lipinski definition) is 1. The number of aliphatic hydroxyl groups is 1. The van der Waals surface area contributed by atoms with Crippen molar-refractivity contribution in [1.82, 2.24) is 9.80 Å². The van der Waals surface area contributed by atoms with Crippen LogP contribution in [0.4, 0.5) is 0 Å². The van der Waals surface area contributed by atoms with Crippen LogP contribution in [-0.4, -0.2) is 68.0 Å². The van der Waals surface area contributed by atoms with Crippen molar-refractivity contribution in [3.63, 3.8) is 0 Å². The van der Waals surface area contributed by atoms with Crippen molar-refractivity contribution in [3.05, 3.63) is 64.7 Å². The minimum absolute atomic E-state index is 0.0743. The lowest BCUT2D eigenvalue weighted by molar-refractivity contribution is -0.140. The van der Waals surface area contributed by atoms with Crippen LogP contribution in [0.25, 0.3) is 5.76 Å². The van der Waals surface area contributed by atoms with E-state index in [-0.39, 0.29) is 11.3 Å². The monoisotopic (exact) mass is 438 g/mol. The van der Waals surface area contributed by atoms with Crippen molar-refractivity contribution in [2.45, 2.75) is 19.4 Å². The molecule has 1 heterocycles. The minimum Gasteiger partial charge on any atom is -0.507 e. The molecule has 1 N–H and O–H groups in total.